The molecule has 1 heterocycles. The van der Waals surface area contributed by atoms with E-state index in [0.29, 0.717) is 6.42 Å². The van der Waals surface area contributed by atoms with Crippen LogP contribution < -0.4 is 16.0 Å². The van der Waals surface area contributed by atoms with Crippen molar-refractivity contribution >= 4 is 11.9 Å². The molecule has 2 atom stereocenters. The van der Waals surface area contributed by atoms with Crippen molar-refractivity contribution < 1.29 is 9.59 Å². The fraction of sp³-hybridized carbons (Fsp3) is 0.900. The molecule has 0 spiro atoms. The third kappa shape index (κ3) is 3.80. The zero-order chi connectivity index (χ0) is 17.4. The lowest BCUT2D eigenvalue weighted by molar-refractivity contribution is -0.127. The van der Waals surface area contributed by atoms with Crippen LogP contribution in [0.1, 0.15) is 77.6 Å². The summed E-state index contributed by atoms with van der Waals surface area (Å²) >= 11 is 0. The lowest BCUT2D eigenvalue weighted by Gasteiger charge is -2.56. The number of carbonyl (C=O) groups is 2. The number of urea groups is 1. The summed E-state index contributed by atoms with van der Waals surface area (Å²) in [6.45, 7) is 2.04. The van der Waals surface area contributed by atoms with E-state index in [0.717, 1.165) is 43.4 Å². The molecular weight excluding hydrogens is 314 g/mol. The summed E-state index contributed by atoms with van der Waals surface area (Å²) in [6.07, 6.45) is 12.7. The van der Waals surface area contributed by atoms with E-state index >= 15 is 0 Å². The van der Waals surface area contributed by atoms with Crippen molar-refractivity contribution in [2.24, 2.45) is 17.8 Å². The maximum atomic E-state index is 12.5. The molecule has 0 radical (unpaired) electrons. The Kier molecular flexibility index (Phi) is 4.67. The minimum absolute atomic E-state index is 0.0487. The first-order valence-electron chi connectivity index (χ1n) is 10.4. The first-order valence-corrected chi connectivity index (χ1v) is 10.4. The zero-order valence-corrected chi connectivity index (χ0v) is 15.5. The van der Waals surface area contributed by atoms with Gasteiger partial charge in [0.1, 0.15) is 0 Å². The highest BCUT2D eigenvalue weighted by atomic mass is 16.2. The van der Waals surface area contributed by atoms with E-state index in [1.165, 1.54) is 38.5 Å². The molecule has 1 aliphatic heterocycles. The lowest BCUT2D eigenvalue weighted by Crippen LogP contribution is -2.59. The fourth-order valence-corrected chi connectivity index (χ4v) is 6.41. The van der Waals surface area contributed by atoms with Crippen molar-refractivity contribution in [3.8, 4) is 0 Å². The van der Waals surface area contributed by atoms with Crippen LogP contribution in [0.3, 0.4) is 0 Å². The van der Waals surface area contributed by atoms with Crippen LogP contribution in [0.5, 0.6) is 0 Å². The molecule has 5 heteroatoms. The number of unbranched alkanes of at least 4 members (excludes halogenated alkanes) is 2. The molecule has 5 nitrogen and oxygen atoms in total. The molecule has 3 N–H and O–H groups in total. The molecule has 0 unspecified atom stereocenters. The summed E-state index contributed by atoms with van der Waals surface area (Å²) in [5.41, 5.74) is 0.154. The van der Waals surface area contributed by atoms with Gasteiger partial charge in [0.2, 0.25) is 5.91 Å². The predicted octanol–water partition coefficient (Wildman–Crippen LogP) is 3.09. The lowest BCUT2D eigenvalue weighted by atomic mass is 9.53. The van der Waals surface area contributed by atoms with Crippen molar-refractivity contribution in [1.82, 2.24) is 16.0 Å². The van der Waals surface area contributed by atoms with E-state index in [2.05, 4.69) is 16.0 Å². The van der Waals surface area contributed by atoms with Gasteiger partial charge in [-0.15, -0.1) is 0 Å². The summed E-state index contributed by atoms with van der Waals surface area (Å²) in [4.78, 5) is 23.7. The maximum absolute atomic E-state index is 12.5. The van der Waals surface area contributed by atoms with Gasteiger partial charge in [-0.25, -0.2) is 4.79 Å². The van der Waals surface area contributed by atoms with E-state index in [1.54, 1.807) is 0 Å². The molecule has 3 amide bonds. The molecular formula is C20H33N3O2. The first kappa shape index (κ1) is 17.2. The van der Waals surface area contributed by atoms with Crippen LogP contribution in [0, 0.1) is 17.8 Å². The third-order valence-electron chi connectivity index (χ3n) is 7.14. The van der Waals surface area contributed by atoms with Crippen molar-refractivity contribution in [1.29, 1.82) is 0 Å². The van der Waals surface area contributed by atoms with Gasteiger partial charge in [-0.3, -0.25) is 4.79 Å². The van der Waals surface area contributed by atoms with Gasteiger partial charge in [0.05, 0.1) is 6.04 Å². The number of rotatable bonds is 7. The summed E-state index contributed by atoms with van der Waals surface area (Å²) in [6, 6.07) is 0.410. The Hall–Kier alpha value is -1.26. The Morgan fingerprint density at radius 3 is 2.24 bits per heavy atom. The van der Waals surface area contributed by atoms with Crippen molar-refractivity contribution in [2.45, 2.75) is 95.2 Å². The average Bonchev–Trinajstić information content (AvgIpc) is 2.82. The molecule has 5 aliphatic rings. The summed E-state index contributed by atoms with van der Waals surface area (Å²) in [7, 11) is 0. The van der Waals surface area contributed by atoms with Crippen LogP contribution in [0.15, 0.2) is 0 Å². The Morgan fingerprint density at radius 2 is 1.68 bits per heavy atom. The number of hydrogen-bond acceptors (Lipinski definition) is 2. The SMILES string of the molecule is C[C@@H]1NC(=O)N[C@H]1CCCCCC(=O)NC12CC3CC(CC(C3)C1)C2. The minimum Gasteiger partial charge on any atom is -0.351 e. The Morgan fingerprint density at radius 1 is 1.04 bits per heavy atom. The zero-order valence-electron chi connectivity index (χ0n) is 15.5. The molecule has 0 aromatic rings. The topological polar surface area (TPSA) is 70.2 Å². The second kappa shape index (κ2) is 6.81. The highest BCUT2D eigenvalue weighted by Crippen LogP contribution is 2.55. The Balaban J connectivity index is 1.15. The number of carbonyl (C=O) groups excluding carboxylic acids is 2. The maximum Gasteiger partial charge on any atom is 0.315 e. The van der Waals surface area contributed by atoms with Crippen LogP contribution >= 0.6 is 0 Å². The smallest absolute Gasteiger partial charge is 0.315 e. The van der Waals surface area contributed by atoms with E-state index < -0.39 is 0 Å². The number of nitrogens with one attached hydrogen (secondary N) is 3. The van der Waals surface area contributed by atoms with E-state index in [1.807, 2.05) is 6.92 Å². The summed E-state index contributed by atoms with van der Waals surface area (Å²) in [5.74, 6) is 2.91. The van der Waals surface area contributed by atoms with Gasteiger partial charge in [0.15, 0.2) is 0 Å². The summed E-state index contributed by atoms with van der Waals surface area (Å²) < 4.78 is 0. The van der Waals surface area contributed by atoms with Crippen LogP contribution in [0.25, 0.3) is 0 Å². The van der Waals surface area contributed by atoms with Gasteiger partial charge in [0.25, 0.3) is 0 Å². The second-order valence-corrected chi connectivity index (χ2v) is 9.36. The Bertz CT molecular complexity index is 498. The highest BCUT2D eigenvalue weighted by Gasteiger charge is 2.51. The highest BCUT2D eigenvalue weighted by molar-refractivity contribution is 5.77. The fourth-order valence-electron chi connectivity index (χ4n) is 6.41. The van der Waals surface area contributed by atoms with Gasteiger partial charge in [-0.1, -0.05) is 12.8 Å². The van der Waals surface area contributed by atoms with E-state index in [4.69, 9.17) is 0 Å². The second-order valence-electron chi connectivity index (χ2n) is 9.36. The minimum atomic E-state index is -0.0487. The van der Waals surface area contributed by atoms with Gasteiger partial charge < -0.3 is 16.0 Å². The third-order valence-corrected chi connectivity index (χ3v) is 7.14. The van der Waals surface area contributed by atoms with Gasteiger partial charge >= 0.3 is 6.03 Å². The van der Waals surface area contributed by atoms with Crippen LogP contribution in [-0.4, -0.2) is 29.6 Å². The van der Waals surface area contributed by atoms with Gasteiger partial charge in [-0.05, 0) is 76.0 Å². The molecule has 140 valence electrons. The quantitative estimate of drug-likeness (QED) is 0.619. The molecule has 5 rings (SSSR count). The van der Waals surface area contributed by atoms with Crippen LogP contribution in [0.2, 0.25) is 0 Å². The Labute approximate surface area is 151 Å². The predicted molar refractivity (Wildman–Crippen MR) is 97.0 cm³/mol. The largest absolute Gasteiger partial charge is 0.351 e. The van der Waals surface area contributed by atoms with Crippen LogP contribution in [0.4, 0.5) is 4.79 Å². The van der Waals surface area contributed by atoms with E-state index in [9.17, 15) is 9.59 Å². The van der Waals surface area contributed by atoms with Crippen LogP contribution in [-0.2, 0) is 4.79 Å². The average molecular weight is 348 g/mol. The van der Waals surface area contributed by atoms with Gasteiger partial charge in [-0.2, -0.15) is 0 Å². The standard InChI is InChI=1S/C20H33N3O2/c1-13-17(22-19(25)21-13)5-3-2-4-6-18(24)23-20-10-14-7-15(11-20)9-16(8-14)12-20/h13-17H,2-12H2,1H3,(H,23,24)(H2,21,22,25)/t13-,14?,15?,16?,17-,20?/m0/s1. The van der Waals surface area contributed by atoms with Crippen molar-refractivity contribution in [3.63, 3.8) is 0 Å². The number of hydrogen-bond donors (Lipinski definition) is 3. The molecule has 4 saturated carbocycles. The molecule has 4 bridgehead atoms. The van der Waals surface area contributed by atoms with E-state index in [-0.39, 0.29) is 29.6 Å². The molecule has 0 aromatic heterocycles. The van der Waals surface area contributed by atoms with Crippen molar-refractivity contribution in [3.05, 3.63) is 0 Å². The molecule has 4 aliphatic carbocycles. The van der Waals surface area contributed by atoms with Crippen molar-refractivity contribution in [2.75, 3.05) is 0 Å². The summed E-state index contributed by atoms with van der Waals surface area (Å²) in [5, 5.41) is 9.31. The molecule has 25 heavy (non-hydrogen) atoms. The molecule has 5 fully saturated rings. The number of amides is 3. The monoisotopic (exact) mass is 347 g/mol. The normalized spacial score (nSPS) is 41.5. The van der Waals surface area contributed by atoms with Gasteiger partial charge in [0, 0.05) is 18.0 Å². The molecule has 0 aromatic carbocycles. The first-order chi connectivity index (χ1) is 12.0. The molecule has 1 saturated heterocycles.